The number of hydrogen-bond donors (Lipinski definition) is 0. The summed E-state index contributed by atoms with van der Waals surface area (Å²) in [6.07, 6.45) is 5.85. The Morgan fingerprint density at radius 3 is 1.38 bits per heavy atom. The highest BCUT2D eigenvalue weighted by Gasteiger charge is 2.34. The third-order valence-corrected chi connectivity index (χ3v) is 10.2. The van der Waals surface area contributed by atoms with Crippen LogP contribution in [0.25, 0.3) is 0 Å². The quantitative estimate of drug-likeness (QED) is 0.198. The van der Waals surface area contributed by atoms with E-state index in [-0.39, 0.29) is 6.71 Å². The number of rotatable bonds is 6. The molecule has 0 bridgehead atoms. The van der Waals surface area contributed by atoms with Crippen LogP contribution in [0.3, 0.4) is 0 Å². The van der Waals surface area contributed by atoms with Gasteiger partial charge in [0.2, 0.25) is 6.71 Å². The van der Waals surface area contributed by atoms with Gasteiger partial charge in [0.05, 0.1) is 0 Å². The summed E-state index contributed by atoms with van der Waals surface area (Å²) in [4.78, 5) is 0. The highest BCUT2D eigenvalue weighted by Crippen LogP contribution is 2.49. The molecule has 2 heteroatoms. The molecule has 184 valence electrons. The largest absolute Gasteiger partial charge is 0.243 e. The fourth-order valence-electron chi connectivity index (χ4n) is 6.36. The van der Waals surface area contributed by atoms with Gasteiger partial charge in [-0.3, -0.25) is 0 Å². The molecule has 37 heavy (non-hydrogen) atoms. The molecule has 0 heterocycles. The fraction of sp³-hybridized carbons (Fsp3) is 0.200. The standard InChI is InChI=1S/C35H36BP/c1-24-20-26(3)34(27(4)21-24)36(35-28(5)22-25(2)23-29(35)6)32-18-13-19-33(32)37(30-14-9-7-10-15-30)31-16-11-8-12-17-31/h7-18,20-23H,19H2,1-6H3. The third kappa shape index (κ3) is 5.03. The Hall–Kier alpha value is -3.15. The average molecular weight is 498 g/mol. The molecule has 0 aliphatic heterocycles. The van der Waals surface area contributed by atoms with Crippen LogP contribution in [0.5, 0.6) is 0 Å². The first kappa shape index (κ1) is 25.5. The summed E-state index contributed by atoms with van der Waals surface area (Å²) in [5.41, 5.74) is 12.6. The summed E-state index contributed by atoms with van der Waals surface area (Å²) >= 11 is 0. The minimum atomic E-state index is -0.638. The fourth-order valence-corrected chi connectivity index (χ4v) is 8.97. The van der Waals surface area contributed by atoms with Gasteiger partial charge in [-0.2, -0.15) is 0 Å². The summed E-state index contributed by atoms with van der Waals surface area (Å²) in [6, 6.07) is 31.8. The van der Waals surface area contributed by atoms with Crippen LogP contribution in [0.4, 0.5) is 0 Å². The van der Waals surface area contributed by atoms with Gasteiger partial charge in [-0.15, -0.1) is 0 Å². The van der Waals surface area contributed by atoms with Gasteiger partial charge in [0.1, 0.15) is 0 Å². The van der Waals surface area contributed by atoms with Crippen LogP contribution in [0.1, 0.15) is 39.8 Å². The lowest BCUT2D eigenvalue weighted by atomic mass is 9.33. The summed E-state index contributed by atoms with van der Waals surface area (Å²) in [6.45, 7) is 13.9. The Balaban J connectivity index is 1.83. The van der Waals surface area contributed by atoms with E-state index in [1.54, 1.807) is 5.31 Å². The molecular formula is C35H36BP. The van der Waals surface area contributed by atoms with Gasteiger partial charge < -0.3 is 0 Å². The Labute approximate surface area is 225 Å². The van der Waals surface area contributed by atoms with E-state index in [1.807, 2.05) is 0 Å². The van der Waals surface area contributed by atoms with Crippen LogP contribution in [-0.2, 0) is 0 Å². The molecule has 0 aromatic heterocycles. The molecule has 0 radical (unpaired) electrons. The molecule has 0 spiro atoms. The van der Waals surface area contributed by atoms with Crippen LogP contribution in [0.15, 0.2) is 108 Å². The number of aryl methyl sites for hydroxylation is 6. The van der Waals surface area contributed by atoms with Crippen LogP contribution in [0.2, 0.25) is 0 Å². The minimum Gasteiger partial charge on any atom is -0.0806 e. The van der Waals surface area contributed by atoms with E-state index >= 15 is 0 Å². The van der Waals surface area contributed by atoms with Gasteiger partial charge >= 0.3 is 0 Å². The van der Waals surface area contributed by atoms with E-state index in [0.29, 0.717) is 0 Å². The lowest BCUT2D eigenvalue weighted by Gasteiger charge is -2.28. The van der Waals surface area contributed by atoms with Crippen molar-refractivity contribution in [3.63, 3.8) is 0 Å². The van der Waals surface area contributed by atoms with Crippen molar-refractivity contribution in [3.8, 4) is 0 Å². The summed E-state index contributed by atoms with van der Waals surface area (Å²) in [7, 11) is -0.638. The predicted molar refractivity (Wildman–Crippen MR) is 166 cm³/mol. The predicted octanol–water partition coefficient (Wildman–Crippen LogP) is 7.03. The molecule has 4 aromatic carbocycles. The molecule has 1 aliphatic carbocycles. The highest BCUT2D eigenvalue weighted by molar-refractivity contribution is 7.77. The zero-order valence-electron chi connectivity index (χ0n) is 23.0. The molecule has 1 aliphatic rings. The van der Waals surface area contributed by atoms with Crippen molar-refractivity contribution in [2.45, 2.75) is 48.0 Å². The first-order valence-electron chi connectivity index (χ1n) is 13.3. The Kier molecular flexibility index (Phi) is 7.37. The van der Waals surface area contributed by atoms with E-state index in [9.17, 15) is 0 Å². The van der Waals surface area contributed by atoms with Crippen molar-refractivity contribution in [1.82, 2.24) is 0 Å². The van der Waals surface area contributed by atoms with E-state index in [2.05, 4.69) is 139 Å². The Morgan fingerprint density at radius 2 is 0.973 bits per heavy atom. The Morgan fingerprint density at radius 1 is 0.568 bits per heavy atom. The first-order chi connectivity index (χ1) is 17.8. The van der Waals surface area contributed by atoms with Crippen molar-refractivity contribution in [3.05, 3.63) is 141 Å². The molecule has 0 atom stereocenters. The first-order valence-corrected chi connectivity index (χ1v) is 14.6. The van der Waals surface area contributed by atoms with E-state index in [1.165, 1.54) is 60.4 Å². The maximum absolute atomic E-state index is 2.44. The summed E-state index contributed by atoms with van der Waals surface area (Å²) < 4.78 is 0. The van der Waals surface area contributed by atoms with Gasteiger partial charge in [-0.25, -0.2) is 0 Å². The van der Waals surface area contributed by atoms with E-state index < -0.39 is 7.92 Å². The molecule has 0 saturated carbocycles. The number of allylic oxidation sites excluding steroid dienone is 4. The summed E-state index contributed by atoms with van der Waals surface area (Å²) in [5.74, 6) is 0. The second-order valence-corrected chi connectivity index (χ2v) is 12.8. The van der Waals surface area contributed by atoms with Crippen molar-refractivity contribution < 1.29 is 0 Å². The zero-order valence-corrected chi connectivity index (χ0v) is 23.9. The molecule has 0 amide bonds. The van der Waals surface area contributed by atoms with Gasteiger partial charge in [-0.1, -0.05) is 147 Å². The van der Waals surface area contributed by atoms with E-state index in [0.717, 1.165) is 6.42 Å². The molecule has 0 fully saturated rings. The second kappa shape index (κ2) is 10.7. The lowest BCUT2D eigenvalue weighted by Crippen LogP contribution is -2.49. The lowest BCUT2D eigenvalue weighted by molar-refractivity contribution is 1.33. The summed E-state index contributed by atoms with van der Waals surface area (Å²) in [5, 5.41) is 4.43. The number of hydrogen-bond acceptors (Lipinski definition) is 0. The van der Waals surface area contributed by atoms with Crippen molar-refractivity contribution in [2.24, 2.45) is 0 Å². The van der Waals surface area contributed by atoms with Gasteiger partial charge in [0.25, 0.3) is 0 Å². The van der Waals surface area contributed by atoms with Crippen molar-refractivity contribution in [2.75, 3.05) is 0 Å². The average Bonchev–Trinajstić information content (AvgIpc) is 3.32. The topological polar surface area (TPSA) is 0 Å². The van der Waals surface area contributed by atoms with Gasteiger partial charge in [0.15, 0.2) is 0 Å². The van der Waals surface area contributed by atoms with Gasteiger partial charge in [-0.05, 0) is 71.8 Å². The zero-order chi connectivity index (χ0) is 26.1. The van der Waals surface area contributed by atoms with Gasteiger partial charge in [0, 0.05) is 0 Å². The van der Waals surface area contributed by atoms with Crippen LogP contribution in [-0.4, -0.2) is 6.71 Å². The molecule has 0 N–H and O–H groups in total. The van der Waals surface area contributed by atoms with Crippen LogP contribution < -0.4 is 21.5 Å². The highest BCUT2D eigenvalue weighted by atomic mass is 31.1. The molecule has 0 unspecified atom stereocenters. The molecule has 0 saturated heterocycles. The maximum atomic E-state index is 2.44. The monoisotopic (exact) mass is 498 g/mol. The smallest absolute Gasteiger partial charge is 0.0806 e. The SMILES string of the molecule is Cc1cc(C)c(B(C2=C(P(c3ccccc3)c3ccccc3)CC=C2)c2c(C)cc(C)cc2C)c(C)c1. The molecular weight excluding hydrogens is 462 g/mol. The van der Waals surface area contributed by atoms with E-state index in [4.69, 9.17) is 0 Å². The second-order valence-electron chi connectivity index (χ2n) is 10.6. The normalized spacial score (nSPS) is 13.1. The number of benzene rings is 4. The molecule has 0 nitrogen and oxygen atoms in total. The molecule has 5 rings (SSSR count). The third-order valence-electron chi connectivity index (χ3n) is 7.60. The molecule has 4 aromatic rings. The minimum absolute atomic E-state index is 0.215. The maximum Gasteiger partial charge on any atom is 0.243 e. The Bertz CT molecular complexity index is 1350. The van der Waals surface area contributed by atoms with Crippen molar-refractivity contribution in [1.29, 1.82) is 0 Å². The van der Waals surface area contributed by atoms with Crippen LogP contribution >= 0.6 is 7.92 Å². The van der Waals surface area contributed by atoms with Crippen molar-refractivity contribution >= 4 is 36.2 Å². The van der Waals surface area contributed by atoms with Crippen LogP contribution in [0, 0.1) is 41.5 Å².